The molecule has 1 amide bonds. The summed E-state index contributed by atoms with van der Waals surface area (Å²) in [5.41, 5.74) is 1.50. The zero-order valence-corrected chi connectivity index (χ0v) is 17.4. The molecule has 1 spiro atoms. The van der Waals surface area contributed by atoms with Gasteiger partial charge >= 0.3 is 0 Å². The highest BCUT2D eigenvalue weighted by molar-refractivity contribution is 5.77. The van der Waals surface area contributed by atoms with Crippen molar-refractivity contribution >= 4 is 5.91 Å². The third kappa shape index (κ3) is 4.54. The number of carbonyl (C=O) groups is 1. The Bertz CT molecular complexity index is 662. The smallest absolute Gasteiger partial charge is 0.222 e. The molecule has 0 saturated carbocycles. The molecule has 1 atom stereocenters. The highest BCUT2D eigenvalue weighted by atomic mass is 16.5. The average molecular weight is 387 g/mol. The minimum absolute atomic E-state index is 0.257. The van der Waals surface area contributed by atoms with Crippen molar-refractivity contribution in [1.82, 2.24) is 19.8 Å². The minimum atomic E-state index is 0.257. The predicted octanol–water partition coefficient (Wildman–Crippen LogP) is 2.98. The molecule has 3 saturated heterocycles. The summed E-state index contributed by atoms with van der Waals surface area (Å²) in [5, 5.41) is 0. The zero-order chi connectivity index (χ0) is 19.6. The van der Waals surface area contributed by atoms with E-state index in [1.807, 2.05) is 12.4 Å². The minimum Gasteiger partial charge on any atom is -0.376 e. The lowest BCUT2D eigenvalue weighted by Gasteiger charge is -2.47. The highest BCUT2D eigenvalue weighted by Crippen LogP contribution is 2.40. The molecule has 0 bridgehead atoms. The van der Waals surface area contributed by atoms with Crippen molar-refractivity contribution in [3.63, 3.8) is 0 Å². The van der Waals surface area contributed by atoms with Gasteiger partial charge in [-0.3, -0.25) is 9.69 Å². The first kappa shape index (κ1) is 19.8. The maximum Gasteiger partial charge on any atom is 0.222 e. The molecule has 6 heteroatoms. The van der Waals surface area contributed by atoms with Gasteiger partial charge in [-0.25, -0.2) is 9.97 Å². The molecule has 0 unspecified atom stereocenters. The topological polar surface area (TPSA) is 58.6 Å². The van der Waals surface area contributed by atoms with E-state index in [1.165, 1.54) is 18.4 Å². The Balaban J connectivity index is 1.30. The van der Waals surface area contributed by atoms with Crippen LogP contribution in [-0.4, -0.2) is 64.6 Å². The van der Waals surface area contributed by atoms with E-state index < -0.39 is 0 Å². The molecule has 154 valence electrons. The van der Waals surface area contributed by atoms with E-state index >= 15 is 0 Å². The van der Waals surface area contributed by atoms with Gasteiger partial charge in [-0.1, -0.05) is 13.8 Å². The van der Waals surface area contributed by atoms with E-state index in [2.05, 4.69) is 33.6 Å². The van der Waals surface area contributed by atoms with E-state index in [1.54, 1.807) is 0 Å². The van der Waals surface area contributed by atoms with E-state index in [9.17, 15) is 4.79 Å². The summed E-state index contributed by atoms with van der Waals surface area (Å²) in [4.78, 5) is 26.1. The lowest BCUT2D eigenvalue weighted by atomic mass is 9.72. The molecule has 1 aromatic heterocycles. The third-order valence-electron chi connectivity index (χ3n) is 6.76. The third-order valence-corrected chi connectivity index (χ3v) is 6.76. The average Bonchev–Trinajstić information content (AvgIpc) is 3.20. The van der Waals surface area contributed by atoms with Gasteiger partial charge in [-0.15, -0.1) is 0 Å². The van der Waals surface area contributed by atoms with Crippen LogP contribution < -0.4 is 0 Å². The van der Waals surface area contributed by atoms with E-state index in [0.717, 1.165) is 64.4 Å². The number of carbonyl (C=O) groups excluding carboxylic acids is 1. The zero-order valence-electron chi connectivity index (χ0n) is 17.4. The Labute approximate surface area is 168 Å². The van der Waals surface area contributed by atoms with Crippen LogP contribution in [0.3, 0.4) is 0 Å². The van der Waals surface area contributed by atoms with Crippen molar-refractivity contribution in [2.24, 2.45) is 5.41 Å². The summed E-state index contributed by atoms with van der Waals surface area (Å²) in [7, 11) is 0. The normalized spacial score (nSPS) is 25.8. The fourth-order valence-electron chi connectivity index (χ4n) is 4.90. The standard InChI is InChI=1S/C22H34N4O2/c1-17(2)21-23-12-18(13-24-21)14-25-9-7-22(8-10-25)6-5-20(27)26(16-22)15-19-4-3-11-28-19/h12-13,17,19H,3-11,14-16H2,1-2H3/t19-/m1/s1. The molecule has 4 rings (SSSR count). The summed E-state index contributed by atoms with van der Waals surface area (Å²) in [5.74, 6) is 1.61. The van der Waals surface area contributed by atoms with Gasteiger partial charge in [0.05, 0.1) is 6.10 Å². The first-order valence-electron chi connectivity index (χ1n) is 11.0. The van der Waals surface area contributed by atoms with Gasteiger partial charge in [0.15, 0.2) is 0 Å². The van der Waals surface area contributed by atoms with Crippen LogP contribution in [0.25, 0.3) is 0 Å². The number of nitrogens with zero attached hydrogens (tertiary/aromatic N) is 4. The van der Waals surface area contributed by atoms with Crippen molar-refractivity contribution in [1.29, 1.82) is 0 Å². The van der Waals surface area contributed by atoms with E-state index in [0.29, 0.717) is 23.7 Å². The van der Waals surface area contributed by atoms with Crippen LogP contribution in [0.1, 0.15) is 69.7 Å². The summed E-state index contributed by atoms with van der Waals surface area (Å²) in [6.45, 7) is 9.92. The Morgan fingerprint density at radius 3 is 2.61 bits per heavy atom. The van der Waals surface area contributed by atoms with Crippen molar-refractivity contribution in [3.8, 4) is 0 Å². The maximum absolute atomic E-state index is 12.4. The fourth-order valence-corrected chi connectivity index (χ4v) is 4.90. The Hall–Kier alpha value is -1.53. The molecule has 28 heavy (non-hydrogen) atoms. The van der Waals surface area contributed by atoms with E-state index in [-0.39, 0.29) is 6.10 Å². The first-order valence-corrected chi connectivity index (χ1v) is 11.0. The SMILES string of the molecule is CC(C)c1ncc(CN2CCC3(CCC(=O)N(C[C@H]4CCCO4)C3)CC2)cn1. The van der Waals surface area contributed by atoms with Crippen LogP contribution in [0.15, 0.2) is 12.4 Å². The molecule has 3 aliphatic rings. The monoisotopic (exact) mass is 386 g/mol. The molecule has 1 aromatic rings. The largest absolute Gasteiger partial charge is 0.376 e. The number of piperidine rings is 2. The predicted molar refractivity (Wildman–Crippen MR) is 108 cm³/mol. The lowest BCUT2D eigenvalue weighted by molar-refractivity contribution is -0.141. The first-order chi connectivity index (χ1) is 13.5. The van der Waals surface area contributed by atoms with Crippen LogP contribution in [-0.2, 0) is 16.1 Å². The van der Waals surface area contributed by atoms with Gasteiger partial charge in [-0.2, -0.15) is 0 Å². The molecule has 0 aromatic carbocycles. The van der Waals surface area contributed by atoms with Gasteiger partial charge < -0.3 is 9.64 Å². The molecular formula is C22H34N4O2. The molecule has 0 radical (unpaired) electrons. The number of aromatic nitrogens is 2. The number of hydrogen-bond donors (Lipinski definition) is 0. The fraction of sp³-hybridized carbons (Fsp3) is 0.773. The Morgan fingerprint density at radius 2 is 1.96 bits per heavy atom. The van der Waals surface area contributed by atoms with Gasteiger partial charge in [0.2, 0.25) is 5.91 Å². The summed E-state index contributed by atoms with van der Waals surface area (Å²) in [6, 6.07) is 0. The van der Waals surface area contributed by atoms with Crippen molar-refractivity contribution in [2.75, 3.05) is 32.8 Å². The molecule has 0 aliphatic carbocycles. The number of amides is 1. The maximum atomic E-state index is 12.4. The summed E-state index contributed by atoms with van der Waals surface area (Å²) in [6.07, 6.45) is 10.6. The van der Waals surface area contributed by atoms with Crippen molar-refractivity contribution in [3.05, 3.63) is 23.8 Å². The van der Waals surface area contributed by atoms with Gasteiger partial charge in [-0.05, 0) is 50.6 Å². The number of rotatable bonds is 5. The second-order valence-electron chi connectivity index (χ2n) is 9.29. The van der Waals surface area contributed by atoms with Crippen LogP contribution >= 0.6 is 0 Å². The van der Waals surface area contributed by atoms with Crippen LogP contribution in [0.2, 0.25) is 0 Å². The molecule has 0 N–H and O–H groups in total. The summed E-state index contributed by atoms with van der Waals surface area (Å²) < 4.78 is 5.77. The Kier molecular flexibility index (Phi) is 5.97. The van der Waals surface area contributed by atoms with E-state index in [4.69, 9.17) is 4.74 Å². The second-order valence-corrected chi connectivity index (χ2v) is 9.29. The number of ether oxygens (including phenoxy) is 1. The highest BCUT2D eigenvalue weighted by Gasteiger charge is 2.41. The molecule has 3 aliphatic heterocycles. The molecule has 6 nitrogen and oxygen atoms in total. The van der Waals surface area contributed by atoms with Gasteiger partial charge in [0, 0.05) is 56.5 Å². The van der Waals surface area contributed by atoms with Crippen molar-refractivity contribution in [2.45, 2.75) is 70.9 Å². The Morgan fingerprint density at radius 1 is 1.21 bits per heavy atom. The quantitative estimate of drug-likeness (QED) is 0.779. The second kappa shape index (κ2) is 8.46. The van der Waals surface area contributed by atoms with Gasteiger partial charge in [0.1, 0.15) is 5.82 Å². The molecule has 3 fully saturated rings. The van der Waals surface area contributed by atoms with Crippen LogP contribution in [0, 0.1) is 5.41 Å². The van der Waals surface area contributed by atoms with Crippen LogP contribution in [0.5, 0.6) is 0 Å². The number of hydrogen-bond acceptors (Lipinski definition) is 5. The van der Waals surface area contributed by atoms with Crippen LogP contribution in [0.4, 0.5) is 0 Å². The summed E-state index contributed by atoms with van der Waals surface area (Å²) >= 11 is 0. The van der Waals surface area contributed by atoms with Crippen molar-refractivity contribution < 1.29 is 9.53 Å². The molecule has 4 heterocycles. The lowest BCUT2D eigenvalue weighted by Crippen LogP contribution is -2.52. The number of likely N-dealkylation sites (tertiary alicyclic amines) is 2. The molecular weight excluding hydrogens is 352 g/mol. The van der Waals surface area contributed by atoms with Gasteiger partial charge in [0.25, 0.3) is 0 Å².